The Balaban J connectivity index is 0.000000317. The van der Waals surface area contributed by atoms with Gasteiger partial charge in [-0.15, -0.1) is 0 Å². The number of halogens is 2. The summed E-state index contributed by atoms with van der Waals surface area (Å²) in [4.78, 5) is 19.8. The van der Waals surface area contributed by atoms with Crippen molar-refractivity contribution in [1.82, 2.24) is 9.97 Å². The SMILES string of the molecule is C.CCOC(OCC)c1cc(NC(c2ccccc2)(c2ccccc2)c2ccccc2)cc(-c2ccc(Cl)cc2)n1.Nc1cc(C=O)nc(-c2ccc(Cl)cc2)c1.O=S(=O)(O)O. The normalized spacial score (nSPS) is 11.0. The van der Waals surface area contributed by atoms with Gasteiger partial charge in [-0.25, -0.2) is 9.97 Å². The predicted octanol–water partition coefficient (Wildman–Crippen LogP) is 11.7. The number of hydrogen-bond acceptors (Lipinski definition) is 9. The minimum Gasteiger partial charge on any atom is -0.399 e. The van der Waals surface area contributed by atoms with Crippen molar-refractivity contribution in [2.45, 2.75) is 33.1 Å². The molecule has 2 aromatic heterocycles. The summed E-state index contributed by atoms with van der Waals surface area (Å²) in [5.74, 6) is 0. The molecular weight excluding hydrogens is 848 g/mol. The highest BCUT2D eigenvalue weighted by Crippen LogP contribution is 2.41. The Bertz CT molecular complexity index is 2460. The number of pyridine rings is 2. The van der Waals surface area contributed by atoms with Crippen LogP contribution in [-0.4, -0.2) is 47.0 Å². The van der Waals surface area contributed by atoms with E-state index in [-0.39, 0.29) is 7.43 Å². The Morgan fingerprint density at radius 2 is 1.06 bits per heavy atom. The van der Waals surface area contributed by atoms with Gasteiger partial charge in [0.25, 0.3) is 0 Å². The number of carbonyl (C=O) groups is 1. The third kappa shape index (κ3) is 13.8. The second-order valence-electron chi connectivity index (χ2n) is 13.2. The molecule has 14 heteroatoms. The van der Waals surface area contributed by atoms with E-state index in [4.69, 9.17) is 60.9 Å². The molecular formula is C48H48Cl2N4O7S. The van der Waals surface area contributed by atoms with Crippen LogP contribution >= 0.6 is 23.2 Å². The highest BCUT2D eigenvalue weighted by atomic mass is 35.5. The van der Waals surface area contributed by atoms with Crippen molar-refractivity contribution in [3.05, 3.63) is 202 Å². The fraction of sp³-hybridized carbons (Fsp3) is 0.146. The third-order valence-corrected chi connectivity index (χ3v) is 9.45. The van der Waals surface area contributed by atoms with E-state index in [2.05, 4.69) is 89.2 Å². The zero-order chi connectivity index (χ0) is 43.8. The minimum absolute atomic E-state index is 0. The number of anilines is 2. The Kier molecular flexibility index (Phi) is 18.3. The molecule has 0 unspecified atom stereocenters. The number of aldehydes is 1. The average molecular weight is 896 g/mol. The Morgan fingerprint density at radius 1 is 0.661 bits per heavy atom. The van der Waals surface area contributed by atoms with Crippen LogP contribution in [0, 0.1) is 0 Å². The lowest BCUT2D eigenvalue weighted by Crippen LogP contribution is -2.38. The van der Waals surface area contributed by atoms with Gasteiger partial charge in [0.1, 0.15) is 11.2 Å². The summed E-state index contributed by atoms with van der Waals surface area (Å²) in [6, 6.07) is 53.9. The van der Waals surface area contributed by atoms with Crippen molar-refractivity contribution < 1.29 is 31.8 Å². The van der Waals surface area contributed by atoms with Crippen LogP contribution in [-0.2, 0) is 25.4 Å². The smallest absolute Gasteiger partial charge is 0.394 e. The molecule has 0 saturated carbocycles. The van der Waals surface area contributed by atoms with E-state index in [1.54, 1.807) is 18.2 Å². The van der Waals surface area contributed by atoms with Gasteiger partial charge < -0.3 is 20.5 Å². The Labute approximate surface area is 373 Å². The zero-order valence-electron chi connectivity index (χ0n) is 33.2. The maximum atomic E-state index is 10.7. The second kappa shape index (κ2) is 23.3. The monoisotopic (exact) mass is 894 g/mol. The number of nitrogens with one attached hydrogen (secondary N) is 1. The van der Waals surface area contributed by atoms with Crippen molar-refractivity contribution in [2.24, 2.45) is 0 Å². The highest BCUT2D eigenvalue weighted by molar-refractivity contribution is 7.79. The van der Waals surface area contributed by atoms with Gasteiger partial charge in [-0.1, -0.05) is 146 Å². The van der Waals surface area contributed by atoms with Crippen LogP contribution in [0.5, 0.6) is 0 Å². The number of aromatic nitrogens is 2. The molecule has 2 heterocycles. The van der Waals surface area contributed by atoms with E-state index >= 15 is 0 Å². The molecule has 0 saturated heterocycles. The van der Waals surface area contributed by atoms with E-state index in [1.807, 2.05) is 74.5 Å². The van der Waals surface area contributed by atoms with Gasteiger partial charge >= 0.3 is 10.4 Å². The van der Waals surface area contributed by atoms with Gasteiger partial charge in [-0.3, -0.25) is 13.9 Å². The molecule has 0 aliphatic rings. The summed E-state index contributed by atoms with van der Waals surface area (Å²) in [5, 5.41) is 5.30. The summed E-state index contributed by atoms with van der Waals surface area (Å²) in [5.41, 5.74) is 14.0. The van der Waals surface area contributed by atoms with Gasteiger partial charge in [0, 0.05) is 45.8 Å². The number of nitrogen functional groups attached to an aromatic ring is 1. The van der Waals surface area contributed by atoms with Gasteiger partial charge in [0.2, 0.25) is 6.29 Å². The molecule has 0 fully saturated rings. The summed E-state index contributed by atoms with van der Waals surface area (Å²) in [7, 11) is -4.67. The molecule has 0 radical (unpaired) electrons. The molecule has 0 aliphatic heterocycles. The van der Waals surface area contributed by atoms with E-state index in [1.165, 1.54) is 6.07 Å². The molecule has 7 aromatic rings. The van der Waals surface area contributed by atoms with E-state index in [0.29, 0.717) is 52.3 Å². The summed E-state index contributed by atoms with van der Waals surface area (Å²) >= 11 is 12.0. The Morgan fingerprint density at radius 3 is 1.45 bits per heavy atom. The second-order valence-corrected chi connectivity index (χ2v) is 14.9. The largest absolute Gasteiger partial charge is 0.399 e. The molecule has 62 heavy (non-hydrogen) atoms. The number of hydrogen-bond donors (Lipinski definition) is 4. The molecule has 322 valence electrons. The number of nitrogens with two attached hydrogens (primary N) is 1. The van der Waals surface area contributed by atoms with E-state index < -0.39 is 22.2 Å². The first-order valence-corrected chi connectivity index (χ1v) is 21.1. The summed E-state index contributed by atoms with van der Waals surface area (Å²) in [6.07, 6.45) is 0.0813. The van der Waals surface area contributed by atoms with Crippen LogP contribution in [0.3, 0.4) is 0 Å². The van der Waals surface area contributed by atoms with Gasteiger partial charge in [0.05, 0.1) is 17.1 Å². The molecule has 0 amide bonds. The Hall–Kier alpha value is -5.96. The summed E-state index contributed by atoms with van der Waals surface area (Å²) < 4.78 is 43.6. The highest BCUT2D eigenvalue weighted by Gasteiger charge is 2.36. The standard InChI is InChI=1S/C35H33ClN2O2.C12H9ClN2O.CH4.H2O4S/c1-3-39-34(40-4-2)33-25-31(24-32(37-33)26-20-22-30(36)23-21-26)38-35(27-14-8-5-9-15-27,28-16-10-6-11-17-28)29-18-12-7-13-19-29;13-9-3-1-8(2-4-9)12-6-10(14)5-11(7-16)15-12;;1-5(2,3)4/h5-25,34H,3-4H2,1-2H3,(H,37,38);1-7H,(H2,14,15);1H4;(H2,1,2,3,4). The van der Waals surface area contributed by atoms with Crippen LogP contribution in [0.2, 0.25) is 10.0 Å². The zero-order valence-corrected chi connectivity index (χ0v) is 35.6. The minimum atomic E-state index is -4.67. The number of carbonyl (C=O) groups excluding carboxylic acids is 1. The molecule has 0 aliphatic carbocycles. The van der Waals surface area contributed by atoms with Gasteiger partial charge in [0.15, 0.2) is 6.29 Å². The van der Waals surface area contributed by atoms with E-state index in [0.717, 1.165) is 39.2 Å². The van der Waals surface area contributed by atoms with Crippen molar-refractivity contribution in [1.29, 1.82) is 0 Å². The van der Waals surface area contributed by atoms with Gasteiger partial charge in [-0.05, 0) is 79.1 Å². The van der Waals surface area contributed by atoms with Crippen LogP contribution in [0.1, 0.15) is 60.4 Å². The number of rotatable bonds is 13. The molecule has 5 N–H and O–H groups in total. The third-order valence-electron chi connectivity index (χ3n) is 8.94. The van der Waals surface area contributed by atoms with Crippen LogP contribution in [0.4, 0.5) is 11.4 Å². The first-order valence-electron chi connectivity index (χ1n) is 19.0. The lowest BCUT2D eigenvalue weighted by atomic mass is 9.76. The predicted molar refractivity (Wildman–Crippen MR) is 249 cm³/mol. The molecule has 5 aromatic carbocycles. The van der Waals surface area contributed by atoms with Crippen LogP contribution in [0.15, 0.2) is 164 Å². The molecule has 7 rings (SSSR count). The molecule has 0 bridgehead atoms. The number of ether oxygens (including phenoxy) is 2. The molecule has 11 nitrogen and oxygen atoms in total. The van der Waals surface area contributed by atoms with Crippen molar-refractivity contribution in [2.75, 3.05) is 24.3 Å². The van der Waals surface area contributed by atoms with Crippen molar-refractivity contribution >= 4 is 51.3 Å². The van der Waals surface area contributed by atoms with Gasteiger partial charge in [-0.2, -0.15) is 8.42 Å². The first-order chi connectivity index (χ1) is 29.3. The fourth-order valence-electron chi connectivity index (χ4n) is 6.44. The fourth-order valence-corrected chi connectivity index (χ4v) is 6.69. The first kappa shape index (κ1) is 48.7. The van der Waals surface area contributed by atoms with Crippen molar-refractivity contribution in [3.63, 3.8) is 0 Å². The molecule has 0 atom stereocenters. The van der Waals surface area contributed by atoms with Crippen LogP contribution in [0.25, 0.3) is 22.5 Å². The maximum absolute atomic E-state index is 10.7. The lowest BCUT2D eigenvalue weighted by Gasteiger charge is -2.38. The van der Waals surface area contributed by atoms with E-state index in [9.17, 15) is 4.79 Å². The molecule has 0 spiro atoms. The van der Waals surface area contributed by atoms with Crippen LogP contribution < -0.4 is 11.1 Å². The van der Waals surface area contributed by atoms with Crippen molar-refractivity contribution in [3.8, 4) is 22.5 Å². The lowest BCUT2D eigenvalue weighted by molar-refractivity contribution is -0.142. The number of benzene rings is 5. The topological polar surface area (TPSA) is 174 Å². The summed E-state index contributed by atoms with van der Waals surface area (Å²) in [6.45, 7) is 4.92. The average Bonchev–Trinajstić information content (AvgIpc) is 3.26. The number of nitrogens with zero attached hydrogens (tertiary/aromatic N) is 2. The maximum Gasteiger partial charge on any atom is 0.394 e. The quantitative estimate of drug-likeness (QED) is 0.0375.